The Balaban J connectivity index is 3.04. The van der Waals surface area contributed by atoms with Crippen molar-refractivity contribution in [1.82, 2.24) is 0 Å². The van der Waals surface area contributed by atoms with Crippen molar-refractivity contribution in [2.24, 2.45) is 10.8 Å². The molecule has 0 aliphatic carbocycles. The molecule has 0 aromatic heterocycles. The molecule has 1 rings (SSSR count). The molecular weight excluding hydrogens is 384 g/mol. The van der Waals surface area contributed by atoms with Gasteiger partial charge < -0.3 is 14.2 Å². The Morgan fingerprint density at radius 1 is 1.04 bits per heavy atom. The summed E-state index contributed by atoms with van der Waals surface area (Å²) < 4.78 is 15.2. The van der Waals surface area contributed by atoms with Crippen LogP contribution in [0.1, 0.15) is 40.2 Å². The number of rotatable bonds is 8. The third-order valence-corrected chi connectivity index (χ3v) is 4.85. The summed E-state index contributed by atoms with van der Waals surface area (Å²) >= 11 is 3.44. The predicted octanol–water partition coefficient (Wildman–Crippen LogP) is 3.35. The van der Waals surface area contributed by atoms with Crippen LogP contribution in [0.3, 0.4) is 0 Å². The Hall–Kier alpha value is -2.35. The van der Waals surface area contributed by atoms with Crippen LogP contribution in [0.5, 0.6) is 0 Å². The number of hydrogen-bond acceptors (Lipinski definition) is 7. The molecular formula is C20H26O7S. The van der Waals surface area contributed by atoms with Crippen molar-refractivity contribution < 1.29 is 33.4 Å². The molecule has 2 unspecified atom stereocenters. The summed E-state index contributed by atoms with van der Waals surface area (Å²) in [5, 5.41) is -1.09. The van der Waals surface area contributed by atoms with E-state index in [2.05, 4.69) is 12.6 Å². The van der Waals surface area contributed by atoms with E-state index in [0.717, 1.165) is 0 Å². The molecule has 28 heavy (non-hydrogen) atoms. The summed E-state index contributed by atoms with van der Waals surface area (Å²) in [7, 11) is 0. The molecule has 2 atom stereocenters. The summed E-state index contributed by atoms with van der Waals surface area (Å²) in [6.07, 6.45) is -3.22. The molecule has 0 fully saturated rings. The van der Waals surface area contributed by atoms with Gasteiger partial charge in [0.05, 0.1) is 5.41 Å². The third-order valence-electron chi connectivity index (χ3n) is 4.74. The average molecular weight is 410 g/mol. The first kappa shape index (κ1) is 23.7. The lowest BCUT2D eigenvalue weighted by Crippen LogP contribution is -2.47. The number of esters is 2. The van der Waals surface area contributed by atoms with Gasteiger partial charge in [-0.3, -0.25) is 9.59 Å². The molecule has 0 spiro atoms. The van der Waals surface area contributed by atoms with E-state index < -0.39 is 40.3 Å². The van der Waals surface area contributed by atoms with Crippen LogP contribution in [0.15, 0.2) is 30.3 Å². The number of aldehydes is 1. The largest absolute Gasteiger partial charge is 0.458 e. The van der Waals surface area contributed by atoms with E-state index in [9.17, 15) is 19.2 Å². The molecule has 0 aliphatic heterocycles. The number of ether oxygens (including phenoxy) is 3. The van der Waals surface area contributed by atoms with Gasteiger partial charge in [0.25, 0.3) is 0 Å². The molecule has 1 aromatic carbocycles. The molecule has 0 heterocycles. The van der Waals surface area contributed by atoms with Gasteiger partial charge >= 0.3 is 17.2 Å². The molecule has 8 heteroatoms. The molecule has 0 aliphatic rings. The van der Waals surface area contributed by atoms with Crippen LogP contribution in [0, 0.1) is 10.8 Å². The molecule has 0 N–H and O–H groups in total. The van der Waals surface area contributed by atoms with E-state index in [1.54, 1.807) is 44.2 Å². The Bertz CT molecular complexity index is 707. The second-order valence-electron chi connectivity index (χ2n) is 7.78. The van der Waals surface area contributed by atoms with E-state index in [4.69, 9.17) is 14.2 Å². The number of benzene rings is 1. The van der Waals surface area contributed by atoms with Gasteiger partial charge in [-0.1, -0.05) is 63.7 Å². The van der Waals surface area contributed by atoms with Crippen LogP contribution in [0.2, 0.25) is 0 Å². The smallest absolute Gasteiger partial charge is 0.365 e. The van der Waals surface area contributed by atoms with Crippen LogP contribution in [0.4, 0.5) is 4.79 Å². The highest BCUT2D eigenvalue weighted by atomic mass is 32.1. The van der Waals surface area contributed by atoms with E-state index in [-0.39, 0.29) is 12.9 Å². The van der Waals surface area contributed by atoms with Gasteiger partial charge in [0.1, 0.15) is 6.61 Å². The van der Waals surface area contributed by atoms with Crippen molar-refractivity contribution >= 4 is 36.2 Å². The summed E-state index contributed by atoms with van der Waals surface area (Å²) in [4.78, 5) is 47.8. The van der Waals surface area contributed by atoms with Crippen LogP contribution in [-0.4, -0.2) is 35.7 Å². The van der Waals surface area contributed by atoms with Crippen molar-refractivity contribution in [3.05, 3.63) is 35.9 Å². The van der Waals surface area contributed by atoms with Gasteiger partial charge in [-0.25, -0.2) is 9.59 Å². The Morgan fingerprint density at radius 3 is 2.07 bits per heavy atom. The highest BCUT2D eigenvalue weighted by Crippen LogP contribution is 2.39. The lowest BCUT2D eigenvalue weighted by atomic mass is 9.69. The Labute approximate surface area is 170 Å². The van der Waals surface area contributed by atoms with Crippen molar-refractivity contribution in [3.63, 3.8) is 0 Å². The van der Waals surface area contributed by atoms with Gasteiger partial charge in [-0.2, -0.15) is 0 Å². The van der Waals surface area contributed by atoms with Crippen LogP contribution in [0.25, 0.3) is 0 Å². The van der Waals surface area contributed by atoms with Crippen molar-refractivity contribution in [2.45, 2.75) is 53.4 Å². The lowest BCUT2D eigenvalue weighted by Gasteiger charge is -2.37. The van der Waals surface area contributed by atoms with E-state index in [0.29, 0.717) is 5.56 Å². The SMILES string of the molecule is CC(C)(C)C(C)(C)C(=O)OC(C(=O)OCc1ccccc1)C(C=O)OC(=O)S. The minimum atomic E-state index is -1.74. The second-order valence-corrected chi connectivity index (χ2v) is 8.14. The summed E-state index contributed by atoms with van der Waals surface area (Å²) in [5.74, 6) is -1.74. The van der Waals surface area contributed by atoms with Crippen molar-refractivity contribution in [3.8, 4) is 0 Å². The monoisotopic (exact) mass is 410 g/mol. The van der Waals surface area contributed by atoms with Gasteiger partial charge in [0.2, 0.25) is 12.2 Å². The van der Waals surface area contributed by atoms with Crippen LogP contribution < -0.4 is 0 Å². The molecule has 154 valence electrons. The summed E-state index contributed by atoms with van der Waals surface area (Å²) in [6.45, 7) is 8.72. The normalized spacial score (nSPS) is 13.8. The van der Waals surface area contributed by atoms with Crippen LogP contribution >= 0.6 is 12.6 Å². The maximum absolute atomic E-state index is 12.7. The van der Waals surface area contributed by atoms with Gasteiger partial charge in [0, 0.05) is 0 Å². The Morgan fingerprint density at radius 2 is 1.61 bits per heavy atom. The average Bonchev–Trinajstić information content (AvgIpc) is 2.61. The molecule has 7 nitrogen and oxygen atoms in total. The minimum Gasteiger partial charge on any atom is -0.458 e. The van der Waals surface area contributed by atoms with Crippen molar-refractivity contribution in [2.75, 3.05) is 0 Å². The number of carbonyl (C=O) groups excluding carboxylic acids is 4. The fourth-order valence-electron chi connectivity index (χ4n) is 1.91. The fourth-order valence-corrected chi connectivity index (χ4v) is 2.03. The molecule has 0 saturated carbocycles. The molecule has 0 bridgehead atoms. The number of carbonyl (C=O) groups is 4. The highest BCUT2D eigenvalue weighted by molar-refractivity contribution is 7.96. The zero-order valence-corrected chi connectivity index (χ0v) is 17.5. The maximum Gasteiger partial charge on any atom is 0.365 e. The zero-order valence-electron chi connectivity index (χ0n) is 16.6. The topological polar surface area (TPSA) is 96.0 Å². The van der Waals surface area contributed by atoms with Crippen molar-refractivity contribution in [1.29, 1.82) is 0 Å². The molecule has 1 aromatic rings. The third kappa shape index (κ3) is 6.37. The lowest BCUT2D eigenvalue weighted by molar-refractivity contribution is -0.185. The highest BCUT2D eigenvalue weighted by Gasteiger charge is 2.45. The first-order valence-corrected chi connectivity index (χ1v) is 9.11. The van der Waals surface area contributed by atoms with Crippen LogP contribution in [-0.2, 0) is 35.2 Å². The zero-order chi connectivity index (χ0) is 21.5. The standard InChI is InChI=1S/C20H26O7S/c1-19(2,3)20(4,5)17(23)27-15(14(11-21)26-18(24)28)16(22)25-12-13-9-7-6-8-10-13/h6-11,14-15H,12H2,1-5H3,(H,24,28). The minimum absolute atomic E-state index is 0.100. The van der Waals surface area contributed by atoms with E-state index in [1.165, 1.54) is 0 Å². The molecule has 0 radical (unpaired) electrons. The molecule has 0 amide bonds. The second kappa shape index (κ2) is 9.73. The Kier molecular flexibility index (Phi) is 8.23. The van der Waals surface area contributed by atoms with Gasteiger partial charge in [-0.15, -0.1) is 0 Å². The number of hydrogen-bond donors (Lipinski definition) is 1. The summed E-state index contributed by atoms with van der Waals surface area (Å²) in [5.41, 5.74) is -0.798. The maximum atomic E-state index is 12.7. The number of thiol groups is 1. The first-order valence-electron chi connectivity index (χ1n) is 8.66. The fraction of sp³-hybridized carbons (Fsp3) is 0.500. The predicted molar refractivity (Wildman–Crippen MR) is 105 cm³/mol. The van der Waals surface area contributed by atoms with E-state index >= 15 is 0 Å². The van der Waals surface area contributed by atoms with Gasteiger partial charge in [-0.05, 0) is 24.8 Å². The van der Waals surface area contributed by atoms with Gasteiger partial charge in [0.15, 0.2) is 6.29 Å². The van der Waals surface area contributed by atoms with E-state index in [1.807, 2.05) is 20.8 Å². The quantitative estimate of drug-likeness (QED) is 0.304. The first-order chi connectivity index (χ1) is 12.9. The summed E-state index contributed by atoms with van der Waals surface area (Å²) in [6, 6.07) is 8.82. The molecule has 0 saturated heterocycles.